The minimum absolute atomic E-state index is 0.159. The van der Waals surface area contributed by atoms with Gasteiger partial charge in [-0.15, -0.1) is 0 Å². The second-order valence-corrected chi connectivity index (χ2v) is 12.3. The van der Waals surface area contributed by atoms with Gasteiger partial charge in [0, 0.05) is 11.8 Å². The number of rotatable bonds is 7. The number of esters is 1. The zero-order chi connectivity index (χ0) is 36.1. The van der Waals surface area contributed by atoms with Crippen molar-refractivity contribution >= 4 is 13.8 Å². The number of hydrogen-bond donors (Lipinski definition) is 4. The van der Waals surface area contributed by atoms with Gasteiger partial charge in [-0.3, -0.25) is 14.6 Å². The van der Waals surface area contributed by atoms with Crippen molar-refractivity contribution < 1.29 is 82.0 Å². The molecule has 0 amide bonds. The fraction of sp³-hybridized carbons (Fsp3) is 0.552. The van der Waals surface area contributed by atoms with Crippen molar-refractivity contribution in [1.29, 1.82) is 0 Å². The molecule has 0 unspecified atom stereocenters. The molecule has 0 spiro atoms. The first kappa shape index (κ1) is 26.8. The lowest BCUT2D eigenvalue weighted by Crippen LogP contribution is -2.63. The van der Waals surface area contributed by atoms with E-state index in [4.69, 9.17) is 52.6 Å². The molecule has 16 nitrogen and oxygen atoms in total. The van der Waals surface area contributed by atoms with Crippen molar-refractivity contribution in [3.05, 3.63) is 41.0 Å². The van der Waals surface area contributed by atoms with Crippen LogP contribution < -0.4 is 23.5 Å². The van der Waals surface area contributed by atoms with Gasteiger partial charge in [-0.05, 0) is 47.9 Å². The van der Waals surface area contributed by atoms with E-state index in [0.29, 0.717) is 5.56 Å². The van der Waals surface area contributed by atoms with E-state index in [2.05, 4.69) is 0 Å². The Labute approximate surface area is 267 Å². The maximum Gasteiger partial charge on any atom is 0.525 e. The first-order valence-electron chi connectivity index (χ1n) is 16.1. The van der Waals surface area contributed by atoms with Gasteiger partial charge in [0.2, 0.25) is 12.5 Å². The second-order valence-electron chi connectivity index (χ2n) is 11.1. The van der Waals surface area contributed by atoms with E-state index < -0.39 is 93.5 Å². The Balaban J connectivity index is 1.37. The Morgan fingerprint density at radius 2 is 1.61 bits per heavy atom. The molecule has 4 N–H and O–H groups in total. The highest BCUT2D eigenvalue weighted by Crippen LogP contribution is 2.57. The van der Waals surface area contributed by atoms with Gasteiger partial charge in [0.05, 0.1) is 44.8 Å². The van der Waals surface area contributed by atoms with Crippen LogP contribution in [-0.2, 0) is 33.0 Å². The lowest BCUT2D eigenvalue weighted by Gasteiger charge is -2.47. The summed E-state index contributed by atoms with van der Waals surface area (Å²) < 4.78 is 101. The summed E-state index contributed by atoms with van der Waals surface area (Å²) in [6, 6.07) is 5.76. The number of ether oxygens (including phenoxy) is 9. The van der Waals surface area contributed by atoms with Crippen LogP contribution in [0.4, 0.5) is 0 Å². The minimum Gasteiger partial charge on any atom is -0.493 e. The maximum absolute atomic E-state index is 13.7. The predicted molar refractivity (Wildman–Crippen MR) is 149 cm³/mol. The highest BCUT2D eigenvalue weighted by Gasteiger charge is 2.56. The van der Waals surface area contributed by atoms with Gasteiger partial charge >= 0.3 is 13.8 Å². The van der Waals surface area contributed by atoms with E-state index in [0.717, 1.165) is 0 Å². The van der Waals surface area contributed by atoms with Crippen LogP contribution in [0, 0.1) is 11.8 Å². The molecule has 0 aromatic heterocycles. The average molecular weight is 673 g/mol. The Morgan fingerprint density at radius 1 is 0.935 bits per heavy atom. The number of aliphatic hydroxyl groups is 2. The van der Waals surface area contributed by atoms with Crippen LogP contribution in [0.25, 0.3) is 0 Å². The molecule has 17 heteroatoms. The van der Waals surface area contributed by atoms with Gasteiger partial charge in [0.15, 0.2) is 35.6 Å². The third-order valence-electron chi connectivity index (χ3n) is 8.44. The van der Waals surface area contributed by atoms with Gasteiger partial charge in [-0.25, -0.2) is 4.57 Å². The first-order chi connectivity index (χ1) is 23.4. The summed E-state index contributed by atoms with van der Waals surface area (Å²) in [5.74, 6) is -5.16. The Kier molecular flexibility index (Phi) is 6.89. The number of phosphoric ester groups is 1. The van der Waals surface area contributed by atoms with E-state index in [-0.39, 0.29) is 40.9 Å². The number of cyclic esters (lactones) is 1. The zero-order valence-corrected chi connectivity index (χ0v) is 25.3. The fourth-order valence-electron chi connectivity index (χ4n) is 6.47. The molecular formula is C29H33O16P. The Morgan fingerprint density at radius 3 is 2.26 bits per heavy atom. The SMILES string of the molecule is [2H]C1([2H])OC(=O)[C@@H]2[C@H](c3cc(OC)c(OP(=O)(O)O)c(OC)c3)c3cc4c(cc3[C@@H](O[C@@H]3O[C@H]5[C@@H](O[C@H](C)OC5([2H])[2H])[C@H](O)[C@H]3O)[C@H]21)OCO4. The van der Waals surface area contributed by atoms with Crippen molar-refractivity contribution in [1.82, 2.24) is 0 Å². The summed E-state index contributed by atoms with van der Waals surface area (Å²) in [5.41, 5.74) is 0.822. The molecule has 7 rings (SSSR count). The number of fused-ring (bicyclic) bond motifs is 4. The maximum atomic E-state index is 13.7. The summed E-state index contributed by atoms with van der Waals surface area (Å²) in [6.07, 6.45) is -10.8. The number of hydrogen-bond acceptors (Lipinski definition) is 14. The van der Waals surface area contributed by atoms with Crippen molar-refractivity contribution in [2.24, 2.45) is 11.8 Å². The lowest BCUT2D eigenvalue weighted by molar-refractivity contribution is -0.364. The molecule has 0 radical (unpaired) electrons. The van der Waals surface area contributed by atoms with Gasteiger partial charge in [-0.1, -0.05) is 0 Å². The van der Waals surface area contributed by atoms with E-state index >= 15 is 0 Å². The Bertz CT molecular complexity index is 1710. The standard InChI is InChI=1S/C29H33O16P/c1-11-38-9-20-27(42-11)23(30)24(31)29(43-20)44-25-14-7-17-16(40-10-41-17)6-13(14)21(22-15(25)8-39-28(22)32)12-4-18(36-2)26(19(5-12)37-3)45-46(33,34)35/h4-7,11,15,20-25,27,29-31H,8-10H2,1-3H3,(H2,33,34,35)/t11-,15+,20-,21-,22+,23-,24-,25-,27-,29+/m1/s1/i8D2,9D2. The molecule has 2 aromatic rings. The molecule has 46 heavy (non-hydrogen) atoms. The lowest BCUT2D eigenvalue weighted by atomic mass is 9.66. The number of carbonyl (C=O) groups excluding carboxylic acids is 1. The van der Waals surface area contributed by atoms with E-state index in [9.17, 15) is 29.4 Å². The topological polar surface area (TPSA) is 207 Å². The molecule has 0 saturated carbocycles. The number of carbonyl (C=O) groups is 1. The Hall–Kier alpha value is -3.18. The van der Waals surface area contributed by atoms with Crippen molar-refractivity contribution in [2.75, 3.05) is 34.1 Å². The molecule has 4 aliphatic heterocycles. The van der Waals surface area contributed by atoms with Crippen LogP contribution in [-0.4, -0.2) is 97.1 Å². The molecular weight excluding hydrogens is 635 g/mol. The molecule has 5 aliphatic rings. The molecule has 2 aromatic carbocycles. The van der Waals surface area contributed by atoms with E-state index in [1.54, 1.807) is 6.07 Å². The highest BCUT2D eigenvalue weighted by atomic mass is 31.2. The summed E-state index contributed by atoms with van der Waals surface area (Å²) in [4.78, 5) is 32.8. The largest absolute Gasteiger partial charge is 0.525 e. The van der Waals surface area contributed by atoms with Gasteiger partial charge in [0.1, 0.15) is 24.4 Å². The van der Waals surface area contributed by atoms with Crippen LogP contribution in [0.5, 0.6) is 28.7 Å². The monoisotopic (exact) mass is 672 g/mol. The van der Waals surface area contributed by atoms with E-state index in [1.807, 2.05) is 0 Å². The second kappa shape index (κ2) is 11.8. The molecule has 0 bridgehead atoms. The van der Waals surface area contributed by atoms with Crippen molar-refractivity contribution in [2.45, 2.75) is 55.9 Å². The smallest absolute Gasteiger partial charge is 0.493 e. The van der Waals surface area contributed by atoms with Crippen LogP contribution >= 0.6 is 7.82 Å². The van der Waals surface area contributed by atoms with Gasteiger partial charge in [0.25, 0.3) is 0 Å². The number of phosphoric acid groups is 1. The third kappa shape index (κ3) is 5.37. The summed E-state index contributed by atoms with van der Waals surface area (Å²) in [5, 5.41) is 22.2. The molecule has 250 valence electrons. The molecule has 1 aliphatic carbocycles. The average Bonchev–Trinajstić information content (AvgIpc) is 3.58. The molecule has 3 fully saturated rings. The number of benzene rings is 2. The van der Waals surface area contributed by atoms with Crippen LogP contribution in [0.1, 0.15) is 41.1 Å². The third-order valence-corrected chi connectivity index (χ3v) is 8.86. The minimum atomic E-state index is -5.10. The molecule has 3 saturated heterocycles. The highest BCUT2D eigenvalue weighted by molar-refractivity contribution is 7.46. The normalized spacial score (nSPS) is 38.1. The molecule has 10 atom stereocenters. The molecule has 4 heterocycles. The van der Waals surface area contributed by atoms with E-state index in [1.165, 1.54) is 39.3 Å². The van der Waals surface area contributed by atoms with Crippen LogP contribution in [0.15, 0.2) is 24.3 Å². The summed E-state index contributed by atoms with van der Waals surface area (Å²) in [6.45, 7) is -3.94. The first-order valence-corrected chi connectivity index (χ1v) is 15.6. The van der Waals surface area contributed by atoms with Crippen LogP contribution in [0.3, 0.4) is 0 Å². The quantitative estimate of drug-likeness (QED) is 0.240. The summed E-state index contributed by atoms with van der Waals surface area (Å²) >= 11 is 0. The van der Waals surface area contributed by atoms with Gasteiger partial charge in [-0.2, -0.15) is 0 Å². The predicted octanol–water partition coefficient (Wildman–Crippen LogP) is 1.10. The number of methoxy groups -OCH3 is 2. The summed E-state index contributed by atoms with van der Waals surface area (Å²) in [7, 11) is -2.67. The van der Waals surface area contributed by atoms with Crippen LogP contribution in [0.2, 0.25) is 0 Å². The van der Waals surface area contributed by atoms with Gasteiger partial charge < -0.3 is 57.4 Å². The van der Waals surface area contributed by atoms with Crippen molar-refractivity contribution in [3.8, 4) is 28.7 Å². The zero-order valence-electron chi connectivity index (χ0n) is 28.4. The van der Waals surface area contributed by atoms with Crippen molar-refractivity contribution in [3.63, 3.8) is 0 Å². The fourth-order valence-corrected chi connectivity index (χ4v) is 6.89. The number of aliphatic hydroxyl groups excluding tert-OH is 2.